The fraction of sp³-hybridized carbons (Fsp3) is 0.870. The van der Waals surface area contributed by atoms with Crippen molar-refractivity contribution in [2.75, 3.05) is 26.4 Å². The lowest BCUT2D eigenvalue weighted by Gasteiger charge is -2.49. The van der Waals surface area contributed by atoms with Crippen LogP contribution >= 0.6 is 0 Å². The summed E-state index contributed by atoms with van der Waals surface area (Å²) in [6.45, 7) is -1.51. The summed E-state index contributed by atoms with van der Waals surface area (Å²) in [5.41, 5.74) is 0. The van der Waals surface area contributed by atoms with Crippen LogP contribution in [-0.2, 0) is 28.5 Å². The molecule has 230 valence electrons. The van der Waals surface area contributed by atoms with Gasteiger partial charge in [-0.05, 0) is 0 Å². The molecule has 3 fully saturated rings. The first-order valence-electron chi connectivity index (χ1n) is 12.5. The molecule has 0 radical (unpaired) electrons. The number of terminal acetylenes is 1. The van der Waals surface area contributed by atoms with Gasteiger partial charge in [0.2, 0.25) is 5.91 Å². The van der Waals surface area contributed by atoms with E-state index in [4.69, 9.17) is 30.1 Å². The van der Waals surface area contributed by atoms with Gasteiger partial charge in [-0.3, -0.25) is 4.79 Å². The Morgan fingerprint density at radius 1 is 0.700 bits per heavy atom. The molecule has 17 heteroatoms. The number of nitrogens with zero attached hydrogens (tertiary/aromatic N) is 1. The van der Waals surface area contributed by atoms with E-state index in [0.717, 1.165) is 11.8 Å². The Hall–Kier alpha value is -1.57. The van der Waals surface area contributed by atoms with Crippen LogP contribution in [0, 0.1) is 12.3 Å². The summed E-state index contributed by atoms with van der Waals surface area (Å²) in [6.07, 6.45) is -19.9. The van der Waals surface area contributed by atoms with Crippen LogP contribution in [0.25, 0.3) is 0 Å². The number of hydrogen-bond acceptors (Lipinski definition) is 16. The highest BCUT2D eigenvalue weighted by molar-refractivity contribution is 5.73. The maximum atomic E-state index is 12.0. The zero-order valence-corrected chi connectivity index (χ0v) is 21.4. The van der Waals surface area contributed by atoms with Gasteiger partial charge in [-0.1, -0.05) is 5.92 Å². The quantitative estimate of drug-likeness (QED) is 0.113. The van der Waals surface area contributed by atoms with E-state index in [0.29, 0.717) is 0 Å². The van der Waals surface area contributed by atoms with Crippen LogP contribution in [0.5, 0.6) is 0 Å². The predicted molar refractivity (Wildman–Crippen MR) is 125 cm³/mol. The van der Waals surface area contributed by atoms with Crippen molar-refractivity contribution in [3.8, 4) is 12.3 Å². The minimum atomic E-state index is -1.95. The minimum Gasteiger partial charge on any atom is -0.394 e. The Kier molecular flexibility index (Phi) is 11.6. The fourth-order valence-corrected chi connectivity index (χ4v) is 4.79. The molecule has 3 saturated heterocycles. The maximum Gasteiger partial charge on any atom is 0.222 e. The maximum absolute atomic E-state index is 12.0. The summed E-state index contributed by atoms with van der Waals surface area (Å²) < 4.78 is 27.4. The van der Waals surface area contributed by atoms with Crippen LogP contribution in [0.3, 0.4) is 0 Å². The first-order chi connectivity index (χ1) is 18.9. The van der Waals surface area contributed by atoms with Crippen molar-refractivity contribution < 1.29 is 79.5 Å². The number of hydrogen-bond donors (Lipinski definition) is 10. The minimum absolute atomic E-state index is 0.280. The molecule has 15 atom stereocenters. The van der Waals surface area contributed by atoms with Crippen LogP contribution in [0.1, 0.15) is 6.92 Å². The Morgan fingerprint density at radius 2 is 1.15 bits per heavy atom. The van der Waals surface area contributed by atoms with Crippen molar-refractivity contribution in [2.24, 2.45) is 0 Å². The summed E-state index contributed by atoms with van der Waals surface area (Å²) in [6, 6.07) is 0. The normalized spacial score (nSPS) is 46.0. The van der Waals surface area contributed by atoms with Gasteiger partial charge in [0.25, 0.3) is 0 Å². The van der Waals surface area contributed by atoms with Crippen LogP contribution < -0.4 is 0 Å². The van der Waals surface area contributed by atoms with Gasteiger partial charge in [-0.2, -0.15) is 0 Å². The van der Waals surface area contributed by atoms with Gasteiger partial charge in [0.05, 0.1) is 26.4 Å². The van der Waals surface area contributed by atoms with E-state index in [9.17, 15) is 55.9 Å². The van der Waals surface area contributed by atoms with E-state index < -0.39 is 118 Å². The molecule has 10 N–H and O–H groups in total. The van der Waals surface area contributed by atoms with Crippen LogP contribution in [0.2, 0.25) is 0 Å². The standard InChI is InChI=1S/C23H37NO16/c1-3-4-24(8(2)28)21-16(33)14(31)19(10(6-26)36-21)39-23-18(35)15(32)20(11(7-27)38-23)40-22-17(34)13(30)12(29)9(5-25)37-22/h1,9-23,25-27,29-35H,4-7H2,2H3/t9-,10-,11-,12-,13+,14-,15-,16-,17-,18-,19-,20-,21-,22-,23-/m1/s1. The van der Waals surface area contributed by atoms with Crippen molar-refractivity contribution in [3.05, 3.63) is 0 Å². The summed E-state index contributed by atoms with van der Waals surface area (Å²) in [5, 5.41) is 102. The lowest BCUT2D eigenvalue weighted by atomic mass is 9.95. The molecule has 17 nitrogen and oxygen atoms in total. The van der Waals surface area contributed by atoms with Crippen molar-refractivity contribution in [1.29, 1.82) is 0 Å². The van der Waals surface area contributed by atoms with E-state index in [1.165, 1.54) is 0 Å². The van der Waals surface area contributed by atoms with Gasteiger partial charge < -0.3 is 79.6 Å². The zero-order chi connectivity index (χ0) is 29.9. The third-order valence-electron chi connectivity index (χ3n) is 7.06. The number of carbonyl (C=O) groups excluding carboxylic acids is 1. The molecule has 3 aliphatic heterocycles. The molecule has 0 aromatic carbocycles. The van der Waals surface area contributed by atoms with Gasteiger partial charge in [0, 0.05) is 6.92 Å². The first-order valence-corrected chi connectivity index (χ1v) is 12.5. The number of aliphatic hydroxyl groups excluding tert-OH is 10. The molecule has 0 spiro atoms. The van der Waals surface area contributed by atoms with E-state index in [1.807, 2.05) is 0 Å². The fourth-order valence-electron chi connectivity index (χ4n) is 4.79. The molecule has 0 aromatic heterocycles. The third kappa shape index (κ3) is 6.57. The van der Waals surface area contributed by atoms with Crippen molar-refractivity contribution in [1.82, 2.24) is 4.90 Å². The van der Waals surface area contributed by atoms with Crippen LogP contribution in [0.15, 0.2) is 0 Å². The molecular formula is C23H37NO16. The third-order valence-corrected chi connectivity index (χ3v) is 7.06. The number of ether oxygens (including phenoxy) is 5. The molecular weight excluding hydrogens is 546 g/mol. The summed E-state index contributed by atoms with van der Waals surface area (Å²) in [5.74, 6) is 1.63. The number of rotatable bonds is 9. The number of aliphatic hydroxyl groups is 10. The summed E-state index contributed by atoms with van der Waals surface area (Å²) in [4.78, 5) is 12.9. The molecule has 3 heterocycles. The molecule has 0 aliphatic carbocycles. The number of amides is 1. The average Bonchev–Trinajstić information content (AvgIpc) is 2.93. The highest BCUT2D eigenvalue weighted by Crippen LogP contribution is 2.33. The van der Waals surface area contributed by atoms with E-state index in [-0.39, 0.29) is 6.54 Å². The smallest absolute Gasteiger partial charge is 0.222 e. The van der Waals surface area contributed by atoms with Gasteiger partial charge in [0.15, 0.2) is 18.8 Å². The van der Waals surface area contributed by atoms with Crippen molar-refractivity contribution in [3.63, 3.8) is 0 Å². The Morgan fingerprint density at radius 3 is 1.62 bits per heavy atom. The second-order valence-corrected chi connectivity index (χ2v) is 9.69. The van der Waals surface area contributed by atoms with Gasteiger partial charge in [-0.15, -0.1) is 6.42 Å². The molecule has 3 aliphatic rings. The lowest BCUT2D eigenvalue weighted by Crippen LogP contribution is -2.68. The highest BCUT2D eigenvalue weighted by Gasteiger charge is 2.54. The Bertz CT molecular complexity index is 868. The molecule has 0 saturated carbocycles. The second-order valence-electron chi connectivity index (χ2n) is 9.69. The molecule has 40 heavy (non-hydrogen) atoms. The highest BCUT2D eigenvalue weighted by atomic mass is 16.7. The molecule has 0 unspecified atom stereocenters. The van der Waals surface area contributed by atoms with Crippen molar-refractivity contribution >= 4 is 5.91 Å². The van der Waals surface area contributed by atoms with Crippen LogP contribution in [-0.4, -0.2) is 180 Å². The average molecular weight is 584 g/mol. The first kappa shape index (κ1) is 32.9. The molecule has 0 bridgehead atoms. The lowest BCUT2D eigenvalue weighted by molar-refractivity contribution is -0.374. The Balaban J connectivity index is 1.74. The van der Waals surface area contributed by atoms with Gasteiger partial charge in [0.1, 0.15) is 73.2 Å². The van der Waals surface area contributed by atoms with Crippen molar-refractivity contribution in [2.45, 2.75) is 99.0 Å². The predicted octanol–water partition coefficient (Wildman–Crippen LogP) is -7.08. The number of carbonyl (C=O) groups is 1. The molecule has 1 amide bonds. The topological polar surface area (TPSA) is 269 Å². The van der Waals surface area contributed by atoms with Gasteiger partial charge >= 0.3 is 0 Å². The van der Waals surface area contributed by atoms with Crippen LogP contribution in [0.4, 0.5) is 0 Å². The van der Waals surface area contributed by atoms with Gasteiger partial charge in [-0.25, -0.2) is 0 Å². The monoisotopic (exact) mass is 583 g/mol. The molecule has 3 rings (SSSR count). The van der Waals surface area contributed by atoms with E-state index in [1.54, 1.807) is 0 Å². The largest absolute Gasteiger partial charge is 0.394 e. The second kappa shape index (κ2) is 14.1. The zero-order valence-electron chi connectivity index (χ0n) is 21.4. The SMILES string of the molecule is C#CCN(C(C)=O)[C@@H]1O[C@H](CO)[C@@H](O[C@H]2O[C@H](CO)[C@@H](O[C@H]3O[C@H](CO)[C@@H](O)[C@H](O)[C@H]3O)[C@H](O)[C@H]2O)[C@H](O)[C@H]1O. The molecule has 0 aromatic rings. The Labute approximate surface area is 228 Å². The summed E-state index contributed by atoms with van der Waals surface area (Å²) in [7, 11) is 0. The van der Waals surface area contributed by atoms with E-state index in [2.05, 4.69) is 5.92 Å². The summed E-state index contributed by atoms with van der Waals surface area (Å²) >= 11 is 0. The van der Waals surface area contributed by atoms with E-state index >= 15 is 0 Å².